The summed E-state index contributed by atoms with van der Waals surface area (Å²) in [6, 6.07) is 2.94. The van der Waals surface area contributed by atoms with Crippen LogP contribution < -0.4 is 16.4 Å². The molecule has 1 aliphatic rings. The zero-order chi connectivity index (χ0) is 15.6. The van der Waals surface area contributed by atoms with E-state index < -0.39 is 11.9 Å². The minimum atomic E-state index is -0.490. The van der Waals surface area contributed by atoms with Crippen molar-refractivity contribution in [3.8, 4) is 0 Å². The Labute approximate surface area is 122 Å². The lowest BCUT2D eigenvalue weighted by Gasteiger charge is -2.36. The van der Waals surface area contributed by atoms with Gasteiger partial charge in [-0.2, -0.15) is 0 Å². The monoisotopic (exact) mass is 294 g/mol. The maximum absolute atomic E-state index is 13.0. The molecule has 1 aliphatic heterocycles. The first-order chi connectivity index (χ1) is 9.90. The maximum atomic E-state index is 13.0. The largest absolute Gasteiger partial charge is 0.397 e. The number of piperazine rings is 1. The van der Waals surface area contributed by atoms with E-state index in [2.05, 4.69) is 10.6 Å². The first-order valence-corrected chi connectivity index (χ1v) is 6.79. The second-order valence-corrected chi connectivity index (χ2v) is 5.10. The molecule has 1 saturated heterocycles. The fraction of sp³-hybridized carbons (Fsp3) is 0.429. The second-order valence-electron chi connectivity index (χ2n) is 5.10. The van der Waals surface area contributed by atoms with Crippen molar-refractivity contribution in [3.63, 3.8) is 0 Å². The summed E-state index contributed by atoms with van der Waals surface area (Å²) in [4.78, 5) is 25.7. The minimum Gasteiger partial charge on any atom is -0.397 e. The molecule has 114 valence electrons. The quantitative estimate of drug-likeness (QED) is 0.711. The SMILES string of the molecule is CC1C(=O)NCCN1C(C)C(=O)Nc1ccc(F)cc1N. The number of hydrogen-bond donors (Lipinski definition) is 3. The molecule has 0 radical (unpaired) electrons. The van der Waals surface area contributed by atoms with Crippen LogP contribution in [0.2, 0.25) is 0 Å². The molecule has 2 amide bonds. The van der Waals surface area contributed by atoms with Crippen LogP contribution in [-0.2, 0) is 9.59 Å². The van der Waals surface area contributed by atoms with Gasteiger partial charge in [0.15, 0.2) is 0 Å². The fourth-order valence-corrected chi connectivity index (χ4v) is 2.36. The first-order valence-electron chi connectivity index (χ1n) is 6.79. The standard InChI is InChI=1S/C14H19FN4O2/c1-8-13(20)17-5-6-19(8)9(2)14(21)18-12-4-3-10(15)7-11(12)16/h3-4,7-9H,5-6,16H2,1-2H3,(H,17,20)(H,18,21). The molecule has 6 nitrogen and oxygen atoms in total. The van der Waals surface area contributed by atoms with Gasteiger partial charge in [-0.3, -0.25) is 14.5 Å². The Morgan fingerprint density at radius 1 is 1.57 bits per heavy atom. The smallest absolute Gasteiger partial charge is 0.241 e. The highest BCUT2D eigenvalue weighted by Crippen LogP contribution is 2.20. The number of amides is 2. The topological polar surface area (TPSA) is 87.5 Å². The number of nitrogens with one attached hydrogen (secondary N) is 2. The maximum Gasteiger partial charge on any atom is 0.241 e. The van der Waals surface area contributed by atoms with Crippen molar-refractivity contribution in [1.29, 1.82) is 0 Å². The predicted octanol–water partition coefficient (Wildman–Crippen LogP) is 0.555. The number of carbonyl (C=O) groups is 2. The molecule has 2 atom stereocenters. The molecule has 1 heterocycles. The minimum absolute atomic E-state index is 0.0952. The average Bonchev–Trinajstić information content (AvgIpc) is 2.44. The number of nitrogen functional groups attached to an aromatic ring is 1. The molecule has 0 bridgehead atoms. The van der Waals surface area contributed by atoms with Crippen LogP contribution >= 0.6 is 0 Å². The summed E-state index contributed by atoms with van der Waals surface area (Å²) < 4.78 is 13.0. The van der Waals surface area contributed by atoms with Gasteiger partial charge in [0.1, 0.15) is 5.82 Å². The lowest BCUT2D eigenvalue weighted by atomic mass is 10.1. The average molecular weight is 294 g/mol. The van der Waals surface area contributed by atoms with E-state index in [4.69, 9.17) is 5.73 Å². The van der Waals surface area contributed by atoms with Gasteiger partial charge in [-0.15, -0.1) is 0 Å². The summed E-state index contributed by atoms with van der Waals surface area (Å²) >= 11 is 0. The van der Waals surface area contributed by atoms with Crippen molar-refractivity contribution >= 4 is 23.2 Å². The van der Waals surface area contributed by atoms with Gasteiger partial charge in [-0.05, 0) is 32.0 Å². The lowest BCUT2D eigenvalue weighted by Crippen LogP contribution is -2.58. The van der Waals surface area contributed by atoms with Gasteiger partial charge in [-0.25, -0.2) is 4.39 Å². The van der Waals surface area contributed by atoms with Crippen molar-refractivity contribution in [1.82, 2.24) is 10.2 Å². The van der Waals surface area contributed by atoms with Crippen LogP contribution in [0, 0.1) is 5.82 Å². The molecule has 1 aromatic rings. The summed E-state index contributed by atoms with van der Waals surface area (Å²) in [7, 11) is 0. The number of carbonyl (C=O) groups excluding carboxylic acids is 2. The summed E-state index contributed by atoms with van der Waals surface area (Å²) in [5.41, 5.74) is 6.20. The molecule has 0 aromatic heterocycles. The molecule has 0 spiro atoms. The van der Waals surface area contributed by atoms with Gasteiger partial charge >= 0.3 is 0 Å². The van der Waals surface area contributed by atoms with E-state index >= 15 is 0 Å². The Morgan fingerprint density at radius 2 is 2.29 bits per heavy atom. The number of halogens is 1. The van der Waals surface area contributed by atoms with Crippen LogP contribution in [0.25, 0.3) is 0 Å². The lowest BCUT2D eigenvalue weighted by molar-refractivity contribution is -0.132. The molecule has 0 saturated carbocycles. The van der Waals surface area contributed by atoms with Gasteiger partial charge in [0.05, 0.1) is 23.5 Å². The first kappa shape index (κ1) is 15.2. The molecule has 2 rings (SSSR count). The third kappa shape index (κ3) is 3.30. The fourth-order valence-electron chi connectivity index (χ4n) is 2.36. The Hall–Kier alpha value is -2.15. The van der Waals surface area contributed by atoms with Gasteiger partial charge in [0.25, 0.3) is 0 Å². The summed E-state index contributed by atoms with van der Waals surface area (Å²) in [6.45, 7) is 4.59. The van der Waals surface area contributed by atoms with E-state index in [1.807, 2.05) is 4.90 Å². The second kappa shape index (κ2) is 6.09. The number of nitrogens with zero attached hydrogens (tertiary/aromatic N) is 1. The molecule has 7 heteroatoms. The normalized spacial score (nSPS) is 20.7. The molecular formula is C14H19FN4O2. The third-order valence-electron chi connectivity index (χ3n) is 3.69. The number of rotatable bonds is 3. The Bertz CT molecular complexity index is 564. The molecule has 2 unspecified atom stereocenters. The molecule has 1 fully saturated rings. The molecular weight excluding hydrogens is 275 g/mol. The van der Waals surface area contributed by atoms with Crippen molar-refractivity contribution in [3.05, 3.63) is 24.0 Å². The molecule has 21 heavy (non-hydrogen) atoms. The Morgan fingerprint density at radius 3 is 2.95 bits per heavy atom. The highest BCUT2D eigenvalue weighted by Gasteiger charge is 2.32. The van der Waals surface area contributed by atoms with Gasteiger partial charge < -0.3 is 16.4 Å². The van der Waals surface area contributed by atoms with Crippen molar-refractivity contribution < 1.29 is 14.0 Å². The third-order valence-corrected chi connectivity index (χ3v) is 3.69. The van der Waals surface area contributed by atoms with Crippen LogP contribution in [0.4, 0.5) is 15.8 Å². The highest BCUT2D eigenvalue weighted by atomic mass is 19.1. The summed E-state index contributed by atoms with van der Waals surface area (Å²) in [5, 5.41) is 5.41. The van der Waals surface area contributed by atoms with E-state index in [-0.39, 0.29) is 23.5 Å². The van der Waals surface area contributed by atoms with E-state index in [1.165, 1.54) is 12.1 Å². The van der Waals surface area contributed by atoms with E-state index in [0.717, 1.165) is 6.07 Å². The van der Waals surface area contributed by atoms with E-state index in [9.17, 15) is 14.0 Å². The number of hydrogen-bond acceptors (Lipinski definition) is 4. The summed E-state index contributed by atoms with van der Waals surface area (Å²) in [6.07, 6.45) is 0. The van der Waals surface area contributed by atoms with Crippen molar-refractivity contribution in [2.75, 3.05) is 24.1 Å². The Balaban J connectivity index is 2.07. The molecule has 4 N–H and O–H groups in total. The molecule has 1 aromatic carbocycles. The van der Waals surface area contributed by atoms with Gasteiger partial charge in [-0.1, -0.05) is 0 Å². The van der Waals surface area contributed by atoms with Crippen LogP contribution in [0.3, 0.4) is 0 Å². The predicted molar refractivity (Wildman–Crippen MR) is 78.1 cm³/mol. The van der Waals surface area contributed by atoms with E-state index in [0.29, 0.717) is 18.8 Å². The zero-order valence-corrected chi connectivity index (χ0v) is 12.0. The van der Waals surface area contributed by atoms with Crippen LogP contribution in [0.5, 0.6) is 0 Å². The Kier molecular flexibility index (Phi) is 4.42. The summed E-state index contributed by atoms with van der Waals surface area (Å²) in [5.74, 6) is -0.836. The number of nitrogens with two attached hydrogens (primary N) is 1. The van der Waals surface area contributed by atoms with Crippen molar-refractivity contribution in [2.24, 2.45) is 0 Å². The van der Waals surface area contributed by atoms with Gasteiger partial charge in [0, 0.05) is 13.1 Å². The van der Waals surface area contributed by atoms with Crippen molar-refractivity contribution in [2.45, 2.75) is 25.9 Å². The highest BCUT2D eigenvalue weighted by molar-refractivity contribution is 5.97. The van der Waals surface area contributed by atoms with Crippen LogP contribution in [0.1, 0.15) is 13.8 Å². The number of benzene rings is 1. The van der Waals surface area contributed by atoms with Gasteiger partial charge in [0.2, 0.25) is 11.8 Å². The number of anilines is 2. The van der Waals surface area contributed by atoms with Crippen LogP contribution in [0.15, 0.2) is 18.2 Å². The molecule has 0 aliphatic carbocycles. The van der Waals surface area contributed by atoms with E-state index in [1.54, 1.807) is 13.8 Å². The van der Waals surface area contributed by atoms with Crippen LogP contribution in [-0.4, -0.2) is 41.9 Å². The zero-order valence-electron chi connectivity index (χ0n) is 12.0.